The molecule has 1 fully saturated rings. The van der Waals surface area contributed by atoms with E-state index in [0.717, 1.165) is 4.47 Å². The average molecular weight is 302 g/mol. The molecule has 1 aromatic rings. The van der Waals surface area contributed by atoms with Crippen LogP contribution in [0.25, 0.3) is 0 Å². The summed E-state index contributed by atoms with van der Waals surface area (Å²) in [5.41, 5.74) is 0.372. The van der Waals surface area contributed by atoms with Crippen molar-refractivity contribution >= 4 is 37.4 Å². The highest BCUT2D eigenvalue weighted by atomic mass is 79.9. The first kappa shape index (κ1) is 10.3. The van der Waals surface area contributed by atoms with Gasteiger partial charge in [-0.1, -0.05) is 15.9 Å². The highest BCUT2D eigenvalue weighted by molar-refractivity contribution is 9.10. The number of carbonyl (C=O) groups excluding carboxylic acids is 1. The normalized spacial score (nSPS) is 23.7. The average Bonchev–Trinajstić information content (AvgIpc) is 2.96. The van der Waals surface area contributed by atoms with Crippen LogP contribution in [0, 0.1) is 0 Å². The zero-order valence-electron chi connectivity index (χ0n) is 8.16. The molecular formula is C10H8BrNO3S. The number of halogens is 1. The fourth-order valence-electron chi connectivity index (χ4n) is 2.01. The van der Waals surface area contributed by atoms with Crippen molar-refractivity contribution in [2.24, 2.45) is 0 Å². The minimum absolute atomic E-state index is 0.229. The van der Waals surface area contributed by atoms with Crippen LogP contribution >= 0.6 is 15.9 Å². The van der Waals surface area contributed by atoms with Gasteiger partial charge in [0.2, 0.25) is 5.91 Å². The molecule has 4 nitrogen and oxygen atoms in total. The molecule has 1 aliphatic heterocycles. The van der Waals surface area contributed by atoms with E-state index in [1.807, 2.05) is 0 Å². The third-order valence-electron chi connectivity index (χ3n) is 3.11. The number of benzene rings is 1. The van der Waals surface area contributed by atoms with Gasteiger partial charge in [0.15, 0.2) is 14.6 Å². The third-order valence-corrected chi connectivity index (χ3v) is 6.16. The van der Waals surface area contributed by atoms with Gasteiger partial charge in [0.25, 0.3) is 0 Å². The van der Waals surface area contributed by atoms with Crippen molar-refractivity contribution in [1.29, 1.82) is 0 Å². The molecule has 6 heteroatoms. The van der Waals surface area contributed by atoms with E-state index in [2.05, 4.69) is 21.2 Å². The third kappa shape index (κ3) is 1.09. The largest absolute Gasteiger partial charge is 0.323 e. The van der Waals surface area contributed by atoms with Crippen molar-refractivity contribution in [3.05, 3.63) is 22.7 Å². The molecule has 1 spiro atoms. The van der Waals surface area contributed by atoms with Crippen LogP contribution in [0.1, 0.15) is 12.8 Å². The Bertz CT molecular complexity index is 604. The highest BCUT2D eigenvalue weighted by Gasteiger charge is 2.63. The smallest absolute Gasteiger partial charge is 0.246 e. The molecule has 1 N–H and O–H groups in total. The topological polar surface area (TPSA) is 63.2 Å². The van der Waals surface area contributed by atoms with Crippen molar-refractivity contribution in [2.75, 3.05) is 5.32 Å². The van der Waals surface area contributed by atoms with Crippen molar-refractivity contribution in [1.82, 2.24) is 0 Å². The molecular weight excluding hydrogens is 294 g/mol. The Morgan fingerprint density at radius 3 is 2.62 bits per heavy atom. The van der Waals surface area contributed by atoms with E-state index in [9.17, 15) is 13.2 Å². The predicted octanol–water partition coefficient (Wildman–Crippen LogP) is 1.71. The molecule has 1 aliphatic carbocycles. The van der Waals surface area contributed by atoms with Gasteiger partial charge in [-0.3, -0.25) is 4.79 Å². The highest BCUT2D eigenvalue weighted by Crippen LogP contribution is 2.51. The van der Waals surface area contributed by atoms with Gasteiger partial charge in [0.05, 0.1) is 10.6 Å². The van der Waals surface area contributed by atoms with Crippen LogP contribution in [0.2, 0.25) is 0 Å². The quantitative estimate of drug-likeness (QED) is 0.793. The molecule has 0 bridgehead atoms. The van der Waals surface area contributed by atoms with Crippen molar-refractivity contribution < 1.29 is 13.2 Å². The monoisotopic (exact) mass is 301 g/mol. The molecule has 1 saturated carbocycles. The molecule has 0 radical (unpaired) electrons. The Hall–Kier alpha value is -0.880. The summed E-state index contributed by atoms with van der Waals surface area (Å²) >= 11 is 3.25. The lowest BCUT2D eigenvalue weighted by atomic mass is 10.3. The number of amides is 1. The SMILES string of the molecule is O=C1Nc2cc(Br)ccc2S(=O)(=O)C12CC2. The number of hydrogen-bond acceptors (Lipinski definition) is 3. The van der Waals surface area contributed by atoms with Gasteiger partial charge in [0, 0.05) is 4.47 Å². The summed E-state index contributed by atoms with van der Waals surface area (Å²) in [6.45, 7) is 0. The van der Waals surface area contributed by atoms with E-state index in [-0.39, 0.29) is 4.90 Å². The molecule has 16 heavy (non-hydrogen) atoms. The summed E-state index contributed by atoms with van der Waals surface area (Å²) in [6, 6.07) is 4.82. The molecule has 0 saturated heterocycles. The van der Waals surface area contributed by atoms with Gasteiger partial charge < -0.3 is 5.32 Å². The number of carbonyl (C=O) groups is 1. The fraction of sp³-hybridized carbons (Fsp3) is 0.300. The molecule has 0 atom stereocenters. The molecule has 1 aromatic carbocycles. The summed E-state index contributed by atoms with van der Waals surface area (Å²) in [6.07, 6.45) is 0.855. The maximum atomic E-state index is 12.2. The minimum atomic E-state index is -3.51. The van der Waals surface area contributed by atoms with Crippen molar-refractivity contribution in [3.63, 3.8) is 0 Å². The summed E-state index contributed by atoms with van der Waals surface area (Å²) in [5.74, 6) is -0.391. The van der Waals surface area contributed by atoms with Gasteiger partial charge in [-0.05, 0) is 31.0 Å². The molecule has 3 rings (SSSR count). The Kier molecular flexibility index (Phi) is 1.84. The van der Waals surface area contributed by atoms with Crippen LogP contribution in [-0.2, 0) is 14.6 Å². The maximum absolute atomic E-state index is 12.2. The van der Waals surface area contributed by atoms with Gasteiger partial charge >= 0.3 is 0 Å². The molecule has 1 amide bonds. The van der Waals surface area contributed by atoms with Crippen LogP contribution in [-0.4, -0.2) is 19.1 Å². The number of nitrogens with one attached hydrogen (secondary N) is 1. The number of anilines is 1. The van der Waals surface area contributed by atoms with E-state index in [0.29, 0.717) is 18.5 Å². The van der Waals surface area contributed by atoms with Crippen LogP contribution in [0.15, 0.2) is 27.6 Å². The van der Waals surface area contributed by atoms with Gasteiger partial charge in [0.1, 0.15) is 0 Å². The maximum Gasteiger partial charge on any atom is 0.246 e. The van der Waals surface area contributed by atoms with E-state index in [4.69, 9.17) is 0 Å². The standard InChI is InChI=1S/C10H8BrNO3S/c11-6-1-2-8-7(5-6)12-9(13)10(3-4-10)16(8,14)15/h1-2,5H,3-4H2,(H,12,13). The van der Waals surface area contributed by atoms with E-state index < -0.39 is 20.5 Å². The Morgan fingerprint density at radius 1 is 1.31 bits per heavy atom. The summed E-state index contributed by atoms with van der Waals surface area (Å²) < 4.78 is 24.0. The predicted molar refractivity (Wildman–Crippen MR) is 61.9 cm³/mol. The summed E-state index contributed by atoms with van der Waals surface area (Å²) in [7, 11) is -3.51. The van der Waals surface area contributed by atoms with E-state index in [1.54, 1.807) is 12.1 Å². The molecule has 84 valence electrons. The second-order valence-electron chi connectivity index (χ2n) is 4.09. The zero-order valence-corrected chi connectivity index (χ0v) is 10.6. The van der Waals surface area contributed by atoms with Crippen LogP contribution in [0.4, 0.5) is 5.69 Å². The van der Waals surface area contributed by atoms with Crippen molar-refractivity contribution in [2.45, 2.75) is 22.5 Å². The Labute approximate surface area is 101 Å². The first-order valence-electron chi connectivity index (χ1n) is 4.83. The minimum Gasteiger partial charge on any atom is -0.323 e. The Morgan fingerprint density at radius 2 is 2.00 bits per heavy atom. The molecule has 0 aromatic heterocycles. The summed E-state index contributed by atoms with van der Waals surface area (Å²) in [5, 5.41) is 2.66. The number of hydrogen-bond donors (Lipinski definition) is 1. The van der Waals surface area contributed by atoms with Crippen molar-refractivity contribution in [3.8, 4) is 0 Å². The second-order valence-corrected chi connectivity index (χ2v) is 7.24. The number of rotatable bonds is 0. The van der Waals surface area contributed by atoms with Gasteiger partial charge in [-0.25, -0.2) is 8.42 Å². The molecule has 0 unspecified atom stereocenters. The van der Waals surface area contributed by atoms with Gasteiger partial charge in [-0.2, -0.15) is 0 Å². The lowest BCUT2D eigenvalue weighted by molar-refractivity contribution is -0.116. The lowest BCUT2D eigenvalue weighted by Gasteiger charge is -2.24. The zero-order chi connectivity index (χ0) is 11.6. The number of sulfone groups is 1. The molecule has 2 aliphatic rings. The Balaban J connectivity index is 2.30. The van der Waals surface area contributed by atoms with Crippen LogP contribution in [0.3, 0.4) is 0 Å². The fourth-order valence-corrected chi connectivity index (χ4v) is 4.38. The van der Waals surface area contributed by atoms with Gasteiger partial charge in [-0.15, -0.1) is 0 Å². The number of fused-ring (bicyclic) bond motifs is 1. The lowest BCUT2D eigenvalue weighted by Crippen LogP contribution is -2.41. The van der Waals surface area contributed by atoms with Crippen LogP contribution in [0.5, 0.6) is 0 Å². The first-order valence-corrected chi connectivity index (χ1v) is 7.11. The van der Waals surface area contributed by atoms with E-state index >= 15 is 0 Å². The molecule has 1 heterocycles. The summed E-state index contributed by atoms with van der Waals surface area (Å²) in [4.78, 5) is 12.0. The van der Waals surface area contributed by atoms with Crippen LogP contribution < -0.4 is 5.32 Å². The van der Waals surface area contributed by atoms with E-state index in [1.165, 1.54) is 6.07 Å². The second kappa shape index (κ2) is 2.87. The first-order chi connectivity index (χ1) is 7.47.